The predicted octanol–water partition coefficient (Wildman–Crippen LogP) is 4.43. The molecule has 0 bridgehead atoms. The summed E-state index contributed by atoms with van der Waals surface area (Å²) in [6.07, 6.45) is -1.51. The number of rotatable bonds is 4. The van der Waals surface area contributed by atoms with Crippen LogP contribution in [0.15, 0.2) is 35.0 Å². The lowest BCUT2D eigenvalue weighted by molar-refractivity contribution is -0.192. The Bertz CT molecular complexity index is 1110. The van der Waals surface area contributed by atoms with Gasteiger partial charge in [-0.15, -0.1) is 0 Å². The standard InChI is InChI=1S/C21H24N4O.C2HF3O2/c1-13(2)16-6-4-15(5-7-16)10-19-24-21(25-26-19)20-14(3)23-12-17-11-22-9-8-18(17)20;3-2(4,5)1(6)7/h4-7,12-13,22H,8-11H2,1-3H3;(H,6,7). The number of hydrogen-bond donors (Lipinski definition) is 2. The Morgan fingerprint density at radius 1 is 1.24 bits per heavy atom. The van der Waals surface area contributed by atoms with Crippen molar-refractivity contribution in [1.29, 1.82) is 0 Å². The zero-order valence-corrected chi connectivity index (χ0v) is 18.5. The maximum Gasteiger partial charge on any atom is 0.490 e. The fraction of sp³-hybridized carbons (Fsp3) is 0.391. The summed E-state index contributed by atoms with van der Waals surface area (Å²) < 4.78 is 37.3. The Morgan fingerprint density at radius 2 is 1.91 bits per heavy atom. The van der Waals surface area contributed by atoms with Crippen molar-refractivity contribution in [3.63, 3.8) is 0 Å². The Kier molecular flexibility index (Phi) is 7.47. The molecule has 2 N–H and O–H groups in total. The molecule has 0 unspecified atom stereocenters. The Morgan fingerprint density at radius 3 is 2.52 bits per heavy atom. The summed E-state index contributed by atoms with van der Waals surface area (Å²) in [5.74, 6) is -0.924. The number of nitrogens with one attached hydrogen (secondary N) is 1. The van der Waals surface area contributed by atoms with E-state index in [1.54, 1.807) is 0 Å². The molecule has 0 fully saturated rings. The number of aromatic nitrogens is 3. The number of aliphatic carboxylic acids is 1. The van der Waals surface area contributed by atoms with Crippen LogP contribution in [-0.2, 0) is 24.2 Å². The first-order valence-electron chi connectivity index (χ1n) is 10.5. The maximum absolute atomic E-state index is 10.6. The van der Waals surface area contributed by atoms with Gasteiger partial charge in [-0.25, -0.2) is 4.79 Å². The highest BCUT2D eigenvalue weighted by Crippen LogP contribution is 2.29. The van der Waals surface area contributed by atoms with Gasteiger partial charge in [0.2, 0.25) is 11.7 Å². The van der Waals surface area contributed by atoms with E-state index in [9.17, 15) is 13.2 Å². The fourth-order valence-electron chi connectivity index (χ4n) is 3.49. The molecule has 0 aliphatic carbocycles. The highest BCUT2D eigenvalue weighted by molar-refractivity contribution is 5.73. The Hall–Kier alpha value is -3.27. The lowest BCUT2D eigenvalue weighted by Crippen LogP contribution is -2.24. The molecule has 7 nitrogen and oxygen atoms in total. The van der Waals surface area contributed by atoms with Crippen LogP contribution >= 0.6 is 0 Å². The third kappa shape index (κ3) is 6.16. The molecule has 10 heteroatoms. The summed E-state index contributed by atoms with van der Waals surface area (Å²) in [6.45, 7) is 8.23. The number of benzene rings is 1. The predicted molar refractivity (Wildman–Crippen MR) is 115 cm³/mol. The van der Waals surface area contributed by atoms with Crippen molar-refractivity contribution in [1.82, 2.24) is 20.4 Å². The van der Waals surface area contributed by atoms with Gasteiger partial charge in [0.1, 0.15) is 0 Å². The van der Waals surface area contributed by atoms with Crippen LogP contribution in [0.25, 0.3) is 11.4 Å². The Balaban J connectivity index is 0.000000383. The largest absolute Gasteiger partial charge is 0.490 e. The maximum atomic E-state index is 10.6. The van der Waals surface area contributed by atoms with Crippen LogP contribution in [0.1, 0.15) is 53.6 Å². The van der Waals surface area contributed by atoms with Crippen molar-refractivity contribution in [3.8, 4) is 11.4 Å². The molecule has 3 aromatic rings. The van der Waals surface area contributed by atoms with Crippen molar-refractivity contribution in [3.05, 3.63) is 64.3 Å². The topological polar surface area (TPSA) is 101 Å². The molecule has 1 aromatic carbocycles. The fourth-order valence-corrected chi connectivity index (χ4v) is 3.49. The summed E-state index contributed by atoms with van der Waals surface area (Å²) in [6, 6.07) is 8.63. The second-order valence-corrected chi connectivity index (χ2v) is 8.04. The number of aryl methyl sites for hydroxylation is 1. The van der Waals surface area contributed by atoms with E-state index in [1.165, 1.54) is 22.3 Å². The second kappa shape index (κ2) is 10.1. The molecule has 176 valence electrons. The van der Waals surface area contributed by atoms with E-state index < -0.39 is 12.1 Å². The minimum absolute atomic E-state index is 0.535. The lowest BCUT2D eigenvalue weighted by atomic mass is 9.95. The summed E-state index contributed by atoms with van der Waals surface area (Å²) in [4.78, 5) is 18.1. The first-order chi connectivity index (χ1) is 15.6. The minimum Gasteiger partial charge on any atom is -0.475 e. The Labute approximate surface area is 189 Å². The molecule has 0 saturated carbocycles. The van der Waals surface area contributed by atoms with Gasteiger partial charge in [-0.3, -0.25) is 4.98 Å². The highest BCUT2D eigenvalue weighted by atomic mass is 19.4. The van der Waals surface area contributed by atoms with E-state index >= 15 is 0 Å². The first-order valence-corrected chi connectivity index (χ1v) is 10.5. The van der Waals surface area contributed by atoms with Gasteiger partial charge in [-0.1, -0.05) is 43.3 Å². The van der Waals surface area contributed by atoms with Gasteiger partial charge in [-0.2, -0.15) is 18.2 Å². The molecule has 1 aliphatic heterocycles. The van der Waals surface area contributed by atoms with Crippen molar-refractivity contribution in [2.75, 3.05) is 6.54 Å². The number of pyridine rings is 1. The number of halogens is 3. The number of fused-ring (bicyclic) bond motifs is 1. The van der Waals surface area contributed by atoms with E-state index in [-0.39, 0.29) is 0 Å². The number of nitrogens with zero attached hydrogens (tertiary/aromatic N) is 3. The van der Waals surface area contributed by atoms with E-state index in [0.29, 0.717) is 24.1 Å². The number of carboxylic acids is 1. The van der Waals surface area contributed by atoms with E-state index in [1.807, 2.05) is 13.1 Å². The van der Waals surface area contributed by atoms with Gasteiger partial charge in [0, 0.05) is 24.0 Å². The third-order valence-corrected chi connectivity index (χ3v) is 5.27. The molecule has 0 atom stereocenters. The average Bonchev–Trinajstić information content (AvgIpc) is 3.21. The van der Waals surface area contributed by atoms with Crippen LogP contribution in [0.4, 0.5) is 13.2 Å². The van der Waals surface area contributed by atoms with Gasteiger partial charge >= 0.3 is 12.1 Å². The van der Waals surface area contributed by atoms with E-state index in [4.69, 9.17) is 14.4 Å². The van der Waals surface area contributed by atoms with Gasteiger partial charge in [0.15, 0.2) is 0 Å². The number of alkyl halides is 3. The quantitative estimate of drug-likeness (QED) is 0.591. The molecule has 1 aliphatic rings. The summed E-state index contributed by atoms with van der Waals surface area (Å²) in [7, 11) is 0. The molecule has 0 amide bonds. The highest BCUT2D eigenvalue weighted by Gasteiger charge is 2.38. The molecular weight excluding hydrogens is 437 g/mol. The van der Waals surface area contributed by atoms with E-state index in [0.717, 1.165) is 30.8 Å². The van der Waals surface area contributed by atoms with Gasteiger partial charge in [0.25, 0.3) is 0 Å². The smallest absolute Gasteiger partial charge is 0.475 e. The summed E-state index contributed by atoms with van der Waals surface area (Å²) in [5.41, 5.74) is 7.04. The molecular formula is C23H25F3N4O3. The normalized spacial score (nSPS) is 13.3. The SMILES string of the molecule is Cc1ncc2c(c1-c1noc(Cc3ccc(C(C)C)cc3)n1)CCNC2.O=C(O)C(F)(F)F. The third-order valence-electron chi connectivity index (χ3n) is 5.27. The van der Waals surface area contributed by atoms with Crippen LogP contribution in [-0.4, -0.2) is 38.9 Å². The molecule has 4 rings (SSSR count). The molecule has 2 aromatic heterocycles. The number of carboxylic acid groups (broad SMARTS) is 1. The second-order valence-electron chi connectivity index (χ2n) is 8.04. The van der Waals surface area contributed by atoms with Gasteiger partial charge in [-0.05, 0) is 48.1 Å². The van der Waals surface area contributed by atoms with Gasteiger partial charge < -0.3 is 14.9 Å². The lowest BCUT2D eigenvalue weighted by Gasteiger charge is -2.19. The molecule has 0 spiro atoms. The van der Waals surface area contributed by atoms with Crippen molar-refractivity contribution < 1.29 is 27.6 Å². The van der Waals surface area contributed by atoms with Crippen molar-refractivity contribution in [2.24, 2.45) is 0 Å². The van der Waals surface area contributed by atoms with Crippen LogP contribution in [0.2, 0.25) is 0 Å². The average molecular weight is 462 g/mol. The number of hydrogen-bond acceptors (Lipinski definition) is 6. The molecule has 3 heterocycles. The van der Waals surface area contributed by atoms with E-state index in [2.05, 4.69) is 58.6 Å². The molecule has 33 heavy (non-hydrogen) atoms. The van der Waals surface area contributed by atoms with Crippen molar-refractivity contribution in [2.45, 2.75) is 52.3 Å². The van der Waals surface area contributed by atoms with Gasteiger partial charge in [0.05, 0.1) is 6.42 Å². The molecule has 0 radical (unpaired) electrons. The summed E-state index contributed by atoms with van der Waals surface area (Å²) >= 11 is 0. The van der Waals surface area contributed by atoms with Crippen LogP contribution in [0, 0.1) is 6.92 Å². The molecule has 0 saturated heterocycles. The summed E-state index contributed by atoms with van der Waals surface area (Å²) in [5, 5.41) is 14.8. The minimum atomic E-state index is -5.08. The zero-order valence-electron chi connectivity index (χ0n) is 18.5. The number of carbonyl (C=O) groups is 1. The van der Waals surface area contributed by atoms with Crippen LogP contribution < -0.4 is 5.32 Å². The van der Waals surface area contributed by atoms with Crippen LogP contribution in [0.5, 0.6) is 0 Å². The first kappa shape index (κ1) is 24.4. The zero-order chi connectivity index (χ0) is 24.2. The van der Waals surface area contributed by atoms with Crippen LogP contribution in [0.3, 0.4) is 0 Å². The monoisotopic (exact) mass is 462 g/mol. The van der Waals surface area contributed by atoms with Crippen molar-refractivity contribution >= 4 is 5.97 Å².